The Morgan fingerprint density at radius 1 is 1.47 bits per heavy atom. The maximum atomic E-state index is 6.35. The minimum atomic E-state index is 0.0233. The van der Waals surface area contributed by atoms with Crippen LogP contribution in [0.4, 0.5) is 0 Å². The van der Waals surface area contributed by atoms with Crippen molar-refractivity contribution in [3.8, 4) is 0 Å². The molecule has 0 spiro atoms. The van der Waals surface area contributed by atoms with Gasteiger partial charge in [-0.2, -0.15) is 5.10 Å². The molecule has 2 aromatic rings. The molecule has 1 aliphatic heterocycles. The van der Waals surface area contributed by atoms with Crippen LogP contribution in [0.2, 0.25) is 0 Å². The van der Waals surface area contributed by atoms with Gasteiger partial charge >= 0.3 is 0 Å². The van der Waals surface area contributed by atoms with Crippen LogP contribution < -0.4 is 5.73 Å². The molecule has 4 nitrogen and oxygen atoms in total. The zero-order valence-electron chi connectivity index (χ0n) is 9.75. The van der Waals surface area contributed by atoms with E-state index in [4.69, 9.17) is 10.5 Å². The van der Waals surface area contributed by atoms with E-state index in [1.54, 1.807) is 0 Å². The van der Waals surface area contributed by atoms with Crippen LogP contribution in [0.3, 0.4) is 0 Å². The van der Waals surface area contributed by atoms with Crippen LogP contribution in [0.15, 0.2) is 30.6 Å². The Balaban J connectivity index is 1.92. The topological polar surface area (TPSA) is 52.5 Å². The second-order valence-electron chi connectivity index (χ2n) is 4.63. The third-order valence-corrected chi connectivity index (χ3v) is 3.52. The van der Waals surface area contributed by atoms with Crippen molar-refractivity contribution >= 4 is 5.52 Å². The molecule has 0 radical (unpaired) electrons. The van der Waals surface area contributed by atoms with Gasteiger partial charge < -0.3 is 10.5 Å². The summed E-state index contributed by atoms with van der Waals surface area (Å²) in [5.41, 5.74) is 8.58. The normalized spacial score (nSPS) is 22.8. The lowest BCUT2D eigenvalue weighted by atomic mass is 9.90. The maximum absolute atomic E-state index is 6.35. The van der Waals surface area contributed by atoms with E-state index in [1.165, 1.54) is 0 Å². The second-order valence-corrected chi connectivity index (χ2v) is 4.63. The van der Waals surface area contributed by atoms with Gasteiger partial charge in [0.25, 0.3) is 0 Å². The van der Waals surface area contributed by atoms with E-state index >= 15 is 0 Å². The fourth-order valence-corrected chi connectivity index (χ4v) is 2.51. The Morgan fingerprint density at radius 2 is 2.41 bits per heavy atom. The fourth-order valence-electron chi connectivity index (χ4n) is 2.51. The van der Waals surface area contributed by atoms with Crippen LogP contribution in [-0.4, -0.2) is 22.8 Å². The smallest absolute Gasteiger partial charge is 0.0709 e. The van der Waals surface area contributed by atoms with Crippen molar-refractivity contribution in [2.75, 3.05) is 13.2 Å². The SMILES string of the molecule is NC(c1cnn2ccccc12)C1CCCOC1. The Kier molecular flexibility index (Phi) is 2.82. The number of pyridine rings is 1. The lowest BCUT2D eigenvalue weighted by Crippen LogP contribution is -2.28. The van der Waals surface area contributed by atoms with Crippen molar-refractivity contribution in [3.63, 3.8) is 0 Å². The summed E-state index contributed by atoms with van der Waals surface area (Å²) < 4.78 is 7.38. The standard InChI is InChI=1S/C13H17N3O/c14-13(10-4-3-7-17-9-10)11-8-15-16-6-2-1-5-12(11)16/h1-2,5-6,8,10,13H,3-4,7,9,14H2. The van der Waals surface area contributed by atoms with Crippen molar-refractivity contribution in [2.45, 2.75) is 18.9 Å². The van der Waals surface area contributed by atoms with Gasteiger partial charge in [-0.1, -0.05) is 6.07 Å². The molecular weight excluding hydrogens is 214 g/mol. The molecule has 17 heavy (non-hydrogen) atoms. The van der Waals surface area contributed by atoms with Crippen LogP contribution in [0.5, 0.6) is 0 Å². The Hall–Kier alpha value is -1.39. The molecule has 1 saturated heterocycles. The second kappa shape index (κ2) is 4.47. The molecule has 0 aliphatic carbocycles. The summed E-state index contributed by atoms with van der Waals surface area (Å²) in [7, 11) is 0. The van der Waals surface area contributed by atoms with Gasteiger partial charge in [0.15, 0.2) is 0 Å². The van der Waals surface area contributed by atoms with Crippen LogP contribution in [0, 0.1) is 5.92 Å². The van der Waals surface area contributed by atoms with Crippen molar-refractivity contribution in [1.82, 2.24) is 9.61 Å². The van der Waals surface area contributed by atoms with Crippen LogP contribution in [0.25, 0.3) is 5.52 Å². The minimum Gasteiger partial charge on any atom is -0.381 e. The van der Waals surface area contributed by atoms with Crippen molar-refractivity contribution < 1.29 is 4.74 Å². The van der Waals surface area contributed by atoms with Crippen LogP contribution in [0.1, 0.15) is 24.4 Å². The van der Waals surface area contributed by atoms with Crippen molar-refractivity contribution in [2.24, 2.45) is 11.7 Å². The summed E-state index contributed by atoms with van der Waals surface area (Å²) in [6.07, 6.45) is 6.08. The number of nitrogens with two attached hydrogens (primary N) is 1. The molecule has 1 fully saturated rings. The first-order chi connectivity index (χ1) is 8.36. The molecule has 0 saturated carbocycles. The van der Waals surface area contributed by atoms with Gasteiger partial charge in [0.05, 0.1) is 18.3 Å². The minimum absolute atomic E-state index is 0.0233. The lowest BCUT2D eigenvalue weighted by Gasteiger charge is -2.27. The van der Waals surface area contributed by atoms with E-state index in [9.17, 15) is 0 Å². The third-order valence-electron chi connectivity index (χ3n) is 3.52. The summed E-state index contributed by atoms with van der Waals surface area (Å²) >= 11 is 0. The molecule has 90 valence electrons. The van der Waals surface area contributed by atoms with E-state index in [2.05, 4.69) is 11.2 Å². The number of nitrogens with zero attached hydrogens (tertiary/aromatic N) is 2. The molecular formula is C13H17N3O. The van der Waals surface area contributed by atoms with E-state index in [0.717, 1.165) is 37.1 Å². The molecule has 2 atom stereocenters. The molecule has 4 heteroatoms. The Morgan fingerprint density at radius 3 is 3.24 bits per heavy atom. The lowest BCUT2D eigenvalue weighted by molar-refractivity contribution is 0.0449. The van der Waals surface area contributed by atoms with Gasteiger partial charge in [-0.25, -0.2) is 4.52 Å². The van der Waals surface area contributed by atoms with Gasteiger partial charge in [-0.15, -0.1) is 0 Å². The van der Waals surface area contributed by atoms with Crippen LogP contribution in [-0.2, 0) is 4.74 Å². The molecule has 0 aromatic carbocycles. The van der Waals surface area contributed by atoms with Gasteiger partial charge in [0, 0.05) is 30.3 Å². The van der Waals surface area contributed by atoms with Crippen molar-refractivity contribution in [3.05, 3.63) is 36.2 Å². The summed E-state index contributed by atoms with van der Waals surface area (Å²) in [6, 6.07) is 6.07. The molecule has 2 aromatic heterocycles. The summed E-state index contributed by atoms with van der Waals surface area (Å²) in [6.45, 7) is 1.64. The monoisotopic (exact) mass is 231 g/mol. The Labute approximate surface area is 100 Å². The number of fused-ring (bicyclic) bond motifs is 1. The predicted molar refractivity (Wildman–Crippen MR) is 65.7 cm³/mol. The molecule has 3 rings (SSSR count). The highest BCUT2D eigenvalue weighted by Gasteiger charge is 2.24. The number of hydrogen-bond acceptors (Lipinski definition) is 3. The first-order valence-corrected chi connectivity index (χ1v) is 6.12. The summed E-state index contributed by atoms with van der Waals surface area (Å²) in [5, 5.41) is 4.33. The van der Waals surface area contributed by atoms with Gasteiger partial charge in [-0.3, -0.25) is 0 Å². The van der Waals surface area contributed by atoms with E-state index in [0.29, 0.717) is 5.92 Å². The third kappa shape index (κ3) is 1.94. The molecule has 0 amide bonds. The first-order valence-electron chi connectivity index (χ1n) is 6.12. The highest BCUT2D eigenvalue weighted by molar-refractivity contribution is 5.54. The van der Waals surface area contributed by atoms with E-state index in [-0.39, 0.29) is 6.04 Å². The maximum Gasteiger partial charge on any atom is 0.0709 e. The van der Waals surface area contributed by atoms with Crippen LogP contribution >= 0.6 is 0 Å². The number of hydrogen-bond donors (Lipinski definition) is 1. The van der Waals surface area contributed by atoms with E-state index in [1.807, 2.05) is 29.0 Å². The molecule has 0 bridgehead atoms. The predicted octanol–water partition coefficient (Wildman–Crippen LogP) is 1.76. The van der Waals surface area contributed by atoms with E-state index < -0.39 is 0 Å². The fraction of sp³-hybridized carbons (Fsp3) is 0.462. The average molecular weight is 231 g/mol. The molecule has 1 aliphatic rings. The Bertz CT molecular complexity index is 502. The summed E-state index contributed by atoms with van der Waals surface area (Å²) in [5.74, 6) is 0.414. The van der Waals surface area contributed by atoms with Crippen molar-refractivity contribution in [1.29, 1.82) is 0 Å². The quantitative estimate of drug-likeness (QED) is 0.856. The number of ether oxygens (including phenoxy) is 1. The molecule has 2 N–H and O–H groups in total. The average Bonchev–Trinajstić information content (AvgIpc) is 2.83. The first kappa shape index (κ1) is 10.7. The van der Waals surface area contributed by atoms with Gasteiger partial charge in [0.2, 0.25) is 0 Å². The van der Waals surface area contributed by atoms with Gasteiger partial charge in [-0.05, 0) is 25.0 Å². The van der Waals surface area contributed by atoms with Gasteiger partial charge in [0.1, 0.15) is 0 Å². The number of rotatable bonds is 2. The zero-order chi connectivity index (χ0) is 11.7. The summed E-state index contributed by atoms with van der Waals surface area (Å²) in [4.78, 5) is 0. The highest BCUT2D eigenvalue weighted by atomic mass is 16.5. The highest BCUT2D eigenvalue weighted by Crippen LogP contribution is 2.28. The molecule has 3 heterocycles. The molecule has 2 unspecified atom stereocenters. The zero-order valence-corrected chi connectivity index (χ0v) is 9.75. The largest absolute Gasteiger partial charge is 0.381 e. The number of aromatic nitrogens is 2.